The SMILES string of the molecule is C[NH+](C)CCCN1C(=O)c2ccccc2C1=O. The van der Waals surface area contributed by atoms with Crippen LogP contribution in [0.3, 0.4) is 0 Å². The molecule has 0 spiro atoms. The Kier molecular flexibility index (Phi) is 3.24. The first-order valence-corrected chi connectivity index (χ1v) is 5.85. The number of imide groups is 1. The third-order valence-corrected chi connectivity index (χ3v) is 2.94. The summed E-state index contributed by atoms with van der Waals surface area (Å²) in [6.07, 6.45) is 0.841. The number of carbonyl (C=O) groups excluding carboxylic acids is 2. The monoisotopic (exact) mass is 233 g/mol. The van der Waals surface area contributed by atoms with E-state index >= 15 is 0 Å². The van der Waals surface area contributed by atoms with Gasteiger partial charge in [-0.3, -0.25) is 14.5 Å². The van der Waals surface area contributed by atoms with Crippen LogP contribution in [-0.2, 0) is 0 Å². The molecule has 0 radical (unpaired) electrons. The first-order valence-electron chi connectivity index (χ1n) is 5.85. The lowest BCUT2D eigenvalue weighted by Gasteiger charge is -2.14. The van der Waals surface area contributed by atoms with E-state index in [-0.39, 0.29) is 11.8 Å². The van der Waals surface area contributed by atoms with E-state index in [1.54, 1.807) is 24.3 Å². The zero-order chi connectivity index (χ0) is 12.4. The Morgan fingerprint density at radius 1 is 1.06 bits per heavy atom. The van der Waals surface area contributed by atoms with Crippen LogP contribution in [0.25, 0.3) is 0 Å². The Labute approximate surface area is 101 Å². The molecule has 0 saturated heterocycles. The molecule has 0 aliphatic carbocycles. The van der Waals surface area contributed by atoms with Crippen molar-refractivity contribution in [3.63, 3.8) is 0 Å². The van der Waals surface area contributed by atoms with Crippen molar-refractivity contribution in [2.45, 2.75) is 6.42 Å². The van der Waals surface area contributed by atoms with Crippen LogP contribution in [-0.4, -0.2) is 43.9 Å². The van der Waals surface area contributed by atoms with Crippen molar-refractivity contribution < 1.29 is 14.5 Å². The molecule has 0 saturated carbocycles. The highest BCUT2D eigenvalue weighted by molar-refractivity contribution is 6.21. The van der Waals surface area contributed by atoms with E-state index in [2.05, 4.69) is 14.1 Å². The molecule has 0 bridgehead atoms. The molecule has 0 aromatic heterocycles. The van der Waals surface area contributed by atoms with Gasteiger partial charge in [0, 0.05) is 13.0 Å². The topological polar surface area (TPSA) is 41.8 Å². The van der Waals surface area contributed by atoms with Crippen LogP contribution in [0.5, 0.6) is 0 Å². The average Bonchev–Trinajstić information content (AvgIpc) is 2.54. The maximum absolute atomic E-state index is 12.0. The van der Waals surface area contributed by atoms with Crippen molar-refractivity contribution in [2.24, 2.45) is 0 Å². The summed E-state index contributed by atoms with van der Waals surface area (Å²) in [6.45, 7) is 1.46. The molecule has 1 aliphatic heterocycles. The minimum atomic E-state index is -0.153. The highest BCUT2D eigenvalue weighted by atomic mass is 16.2. The number of nitrogens with one attached hydrogen (secondary N) is 1. The third-order valence-electron chi connectivity index (χ3n) is 2.94. The molecular formula is C13H17N2O2+. The second-order valence-corrected chi connectivity index (χ2v) is 4.62. The number of hydrogen-bond acceptors (Lipinski definition) is 2. The quantitative estimate of drug-likeness (QED) is 0.733. The molecule has 2 amide bonds. The Balaban J connectivity index is 2.08. The molecule has 0 atom stereocenters. The van der Waals surface area contributed by atoms with E-state index in [0.717, 1.165) is 13.0 Å². The van der Waals surface area contributed by atoms with Gasteiger partial charge in [-0.1, -0.05) is 12.1 Å². The first kappa shape index (κ1) is 11.8. The van der Waals surface area contributed by atoms with Gasteiger partial charge in [-0.2, -0.15) is 0 Å². The number of fused-ring (bicyclic) bond motifs is 1. The number of quaternary nitrogens is 1. The lowest BCUT2D eigenvalue weighted by Crippen LogP contribution is -3.05. The predicted octanol–water partition coefficient (Wildman–Crippen LogP) is -0.183. The van der Waals surface area contributed by atoms with Crippen LogP contribution >= 0.6 is 0 Å². The standard InChI is InChI=1S/C13H16N2O2/c1-14(2)8-5-9-15-12(16)10-6-3-4-7-11(10)13(15)17/h3-4,6-7H,5,8-9H2,1-2H3/p+1. The molecule has 1 N–H and O–H groups in total. The number of carbonyl (C=O) groups is 2. The molecule has 1 aromatic carbocycles. The van der Waals surface area contributed by atoms with E-state index in [0.29, 0.717) is 17.7 Å². The number of benzene rings is 1. The fraction of sp³-hybridized carbons (Fsp3) is 0.385. The van der Waals surface area contributed by atoms with E-state index < -0.39 is 0 Å². The van der Waals surface area contributed by atoms with Gasteiger partial charge in [0.15, 0.2) is 0 Å². The van der Waals surface area contributed by atoms with E-state index in [1.807, 2.05) is 0 Å². The van der Waals surface area contributed by atoms with Crippen molar-refractivity contribution in [1.29, 1.82) is 0 Å². The molecule has 90 valence electrons. The summed E-state index contributed by atoms with van der Waals surface area (Å²) in [7, 11) is 4.12. The van der Waals surface area contributed by atoms with Gasteiger partial charge in [-0.05, 0) is 12.1 Å². The van der Waals surface area contributed by atoms with Crippen molar-refractivity contribution in [2.75, 3.05) is 27.2 Å². The lowest BCUT2D eigenvalue weighted by atomic mass is 10.1. The minimum absolute atomic E-state index is 0.153. The smallest absolute Gasteiger partial charge is 0.261 e. The largest absolute Gasteiger partial charge is 0.340 e. The Morgan fingerprint density at radius 2 is 1.59 bits per heavy atom. The van der Waals surface area contributed by atoms with Crippen molar-refractivity contribution in [3.8, 4) is 0 Å². The Bertz CT molecular complexity index is 419. The fourth-order valence-electron chi connectivity index (χ4n) is 2.03. The normalized spacial score (nSPS) is 14.6. The van der Waals surface area contributed by atoms with Gasteiger partial charge in [-0.15, -0.1) is 0 Å². The first-order chi connectivity index (χ1) is 8.11. The van der Waals surface area contributed by atoms with Crippen molar-refractivity contribution in [3.05, 3.63) is 35.4 Å². The summed E-state index contributed by atoms with van der Waals surface area (Å²) in [5, 5.41) is 0. The Hall–Kier alpha value is -1.68. The van der Waals surface area contributed by atoms with Crippen LogP contribution in [0, 0.1) is 0 Å². The van der Waals surface area contributed by atoms with Crippen LogP contribution < -0.4 is 4.90 Å². The molecule has 0 fully saturated rings. The van der Waals surface area contributed by atoms with Gasteiger partial charge in [0.2, 0.25) is 0 Å². The second-order valence-electron chi connectivity index (χ2n) is 4.62. The minimum Gasteiger partial charge on any atom is -0.340 e. The summed E-state index contributed by atoms with van der Waals surface area (Å²) in [6, 6.07) is 7.01. The molecule has 1 aromatic rings. The third kappa shape index (κ3) is 2.22. The molecule has 0 unspecified atom stereocenters. The zero-order valence-electron chi connectivity index (χ0n) is 10.2. The number of rotatable bonds is 4. The van der Waals surface area contributed by atoms with Gasteiger partial charge in [0.25, 0.3) is 11.8 Å². The molecule has 1 aliphatic rings. The van der Waals surface area contributed by atoms with Gasteiger partial charge in [0.05, 0.1) is 31.8 Å². The highest BCUT2D eigenvalue weighted by Crippen LogP contribution is 2.22. The summed E-state index contributed by atoms with van der Waals surface area (Å²) < 4.78 is 0. The van der Waals surface area contributed by atoms with Crippen molar-refractivity contribution >= 4 is 11.8 Å². The number of hydrogen-bond donors (Lipinski definition) is 1. The fourth-order valence-corrected chi connectivity index (χ4v) is 2.03. The van der Waals surface area contributed by atoms with Crippen LogP contribution in [0.1, 0.15) is 27.1 Å². The van der Waals surface area contributed by atoms with Crippen LogP contribution in [0.4, 0.5) is 0 Å². The summed E-state index contributed by atoms with van der Waals surface area (Å²) >= 11 is 0. The molecule has 17 heavy (non-hydrogen) atoms. The molecular weight excluding hydrogens is 216 g/mol. The summed E-state index contributed by atoms with van der Waals surface area (Å²) in [5.74, 6) is -0.307. The summed E-state index contributed by atoms with van der Waals surface area (Å²) in [5.41, 5.74) is 1.07. The van der Waals surface area contributed by atoms with Crippen molar-refractivity contribution in [1.82, 2.24) is 4.90 Å². The predicted molar refractivity (Wildman–Crippen MR) is 64.1 cm³/mol. The Morgan fingerprint density at radius 3 is 2.06 bits per heavy atom. The molecule has 2 rings (SSSR count). The second kappa shape index (κ2) is 4.67. The van der Waals surface area contributed by atoms with Crippen LogP contribution in [0.15, 0.2) is 24.3 Å². The van der Waals surface area contributed by atoms with E-state index in [4.69, 9.17) is 0 Å². The maximum Gasteiger partial charge on any atom is 0.261 e. The lowest BCUT2D eigenvalue weighted by molar-refractivity contribution is -0.858. The van der Waals surface area contributed by atoms with Crippen LogP contribution in [0.2, 0.25) is 0 Å². The van der Waals surface area contributed by atoms with E-state index in [1.165, 1.54) is 9.80 Å². The average molecular weight is 233 g/mol. The van der Waals surface area contributed by atoms with Gasteiger partial charge >= 0.3 is 0 Å². The molecule has 4 nitrogen and oxygen atoms in total. The van der Waals surface area contributed by atoms with Gasteiger partial charge in [-0.25, -0.2) is 0 Å². The van der Waals surface area contributed by atoms with Gasteiger partial charge < -0.3 is 4.90 Å². The van der Waals surface area contributed by atoms with E-state index in [9.17, 15) is 9.59 Å². The zero-order valence-corrected chi connectivity index (χ0v) is 10.2. The molecule has 4 heteroatoms. The maximum atomic E-state index is 12.0. The highest BCUT2D eigenvalue weighted by Gasteiger charge is 2.34. The summed E-state index contributed by atoms with van der Waals surface area (Å²) in [4.78, 5) is 26.6. The number of amides is 2. The van der Waals surface area contributed by atoms with Gasteiger partial charge in [0.1, 0.15) is 0 Å². The number of nitrogens with zero attached hydrogens (tertiary/aromatic N) is 1. The molecule has 1 heterocycles.